The van der Waals surface area contributed by atoms with Crippen LogP contribution in [0, 0.1) is 6.92 Å². The molecule has 0 saturated heterocycles. The molecule has 0 unspecified atom stereocenters. The number of carbonyl (C=O) groups is 1. The molecule has 1 aliphatic heterocycles. The first-order valence-electron chi connectivity index (χ1n) is 10.9. The minimum absolute atomic E-state index is 0.125. The van der Waals surface area contributed by atoms with Crippen LogP contribution in [-0.2, 0) is 6.42 Å². The molecule has 176 valence electrons. The number of H-pyrrole nitrogens is 1. The number of hydrogen-bond donors (Lipinski definition) is 1. The molecule has 1 N–H and O–H groups in total. The minimum Gasteiger partial charge on any atom is -0.411 e. The number of alkyl halides is 2. The number of halogens is 2. The summed E-state index contributed by atoms with van der Waals surface area (Å²) in [6.45, 7) is 2.15. The minimum atomic E-state index is -2.71. The van der Waals surface area contributed by atoms with Gasteiger partial charge in [0.25, 0.3) is 12.3 Å². The summed E-state index contributed by atoms with van der Waals surface area (Å²) in [6.07, 6.45) is -0.642. The van der Waals surface area contributed by atoms with Crippen LogP contribution in [0.4, 0.5) is 8.78 Å². The van der Waals surface area contributed by atoms with Gasteiger partial charge in [-0.1, -0.05) is 12.1 Å². The van der Waals surface area contributed by atoms with Gasteiger partial charge in [-0.3, -0.25) is 4.79 Å². The van der Waals surface area contributed by atoms with Gasteiger partial charge in [0.1, 0.15) is 17.4 Å². The molecule has 5 aromatic heterocycles. The molecule has 0 spiro atoms. The highest BCUT2D eigenvalue weighted by Crippen LogP contribution is 2.35. The average Bonchev–Trinajstić information content (AvgIpc) is 3.61. The lowest BCUT2D eigenvalue weighted by atomic mass is 9.99. The van der Waals surface area contributed by atoms with E-state index < -0.39 is 18.4 Å². The van der Waals surface area contributed by atoms with Crippen LogP contribution in [0.3, 0.4) is 0 Å². The smallest absolute Gasteiger partial charge is 0.312 e. The van der Waals surface area contributed by atoms with Gasteiger partial charge in [0.2, 0.25) is 0 Å². The van der Waals surface area contributed by atoms with Crippen LogP contribution in [0.1, 0.15) is 51.6 Å². The van der Waals surface area contributed by atoms with E-state index >= 15 is 0 Å². The average molecular weight is 476 g/mol. The van der Waals surface area contributed by atoms with E-state index in [9.17, 15) is 13.6 Å². The van der Waals surface area contributed by atoms with Crippen LogP contribution in [-0.4, -0.2) is 52.1 Å². The number of amides is 1. The fourth-order valence-electron chi connectivity index (χ4n) is 4.35. The Morgan fingerprint density at radius 3 is 2.89 bits per heavy atom. The maximum absolute atomic E-state index is 13.6. The lowest BCUT2D eigenvalue weighted by Crippen LogP contribution is -2.41. The Balaban J connectivity index is 1.41. The molecule has 0 saturated carbocycles. The van der Waals surface area contributed by atoms with Gasteiger partial charge in [-0.15, -0.1) is 10.2 Å². The van der Waals surface area contributed by atoms with E-state index in [1.807, 2.05) is 13.0 Å². The standard InChI is InChI=1S/C23H18F2N8O2/c1-12-4-2-6-15(28-12)21-29-30-22(35-21)23(34)32-9-8-14-18(27-11-26-14)19(32)16-10-13-5-3-7-17(20(24)25)33(13)31-16/h2-7,10-11,19-20H,8-9H2,1H3,(H,26,27)/t19-/m1/s1. The van der Waals surface area contributed by atoms with E-state index in [0.29, 0.717) is 35.6 Å². The summed E-state index contributed by atoms with van der Waals surface area (Å²) in [4.78, 5) is 26.9. The Labute approximate surface area is 196 Å². The van der Waals surface area contributed by atoms with Gasteiger partial charge < -0.3 is 14.3 Å². The van der Waals surface area contributed by atoms with E-state index in [4.69, 9.17) is 4.42 Å². The highest BCUT2D eigenvalue weighted by molar-refractivity contribution is 5.90. The lowest BCUT2D eigenvalue weighted by molar-refractivity contribution is 0.0646. The maximum atomic E-state index is 13.6. The summed E-state index contributed by atoms with van der Waals surface area (Å²) in [7, 11) is 0. The van der Waals surface area contributed by atoms with Gasteiger partial charge in [0.15, 0.2) is 0 Å². The van der Waals surface area contributed by atoms with Gasteiger partial charge in [-0.25, -0.2) is 23.3 Å². The monoisotopic (exact) mass is 476 g/mol. The summed E-state index contributed by atoms with van der Waals surface area (Å²) in [5, 5.41) is 12.4. The molecule has 5 aromatic rings. The van der Waals surface area contributed by atoms with Crippen LogP contribution in [0.25, 0.3) is 17.1 Å². The zero-order chi connectivity index (χ0) is 24.1. The van der Waals surface area contributed by atoms with Gasteiger partial charge >= 0.3 is 11.8 Å². The van der Waals surface area contributed by atoms with Gasteiger partial charge in [-0.05, 0) is 37.3 Å². The molecule has 35 heavy (non-hydrogen) atoms. The van der Waals surface area contributed by atoms with Crippen molar-refractivity contribution in [3.63, 3.8) is 0 Å². The summed E-state index contributed by atoms with van der Waals surface area (Å²) in [5.74, 6) is -0.592. The molecule has 1 aliphatic rings. The first-order chi connectivity index (χ1) is 17.0. The second-order valence-electron chi connectivity index (χ2n) is 8.15. The molecule has 12 heteroatoms. The number of hydrogen-bond acceptors (Lipinski definition) is 7. The molecular weight excluding hydrogens is 458 g/mol. The Kier molecular flexibility index (Phi) is 4.87. The molecule has 0 fully saturated rings. The number of carbonyl (C=O) groups excluding carboxylic acids is 1. The number of aryl methyl sites for hydroxylation is 1. The van der Waals surface area contributed by atoms with Crippen molar-refractivity contribution < 1.29 is 18.0 Å². The van der Waals surface area contributed by atoms with E-state index in [1.54, 1.807) is 36.7 Å². The van der Waals surface area contributed by atoms with Crippen molar-refractivity contribution in [3.05, 3.63) is 83.2 Å². The molecule has 1 atom stereocenters. The summed E-state index contributed by atoms with van der Waals surface area (Å²) in [5.41, 5.74) is 3.31. The van der Waals surface area contributed by atoms with Gasteiger partial charge in [0.05, 0.1) is 23.2 Å². The number of rotatable bonds is 4. The Morgan fingerprint density at radius 1 is 1.20 bits per heavy atom. The first-order valence-corrected chi connectivity index (χ1v) is 10.9. The third kappa shape index (κ3) is 3.54. The van der Waals surface area contributed by atoms with Crippen molar-refractivity contribution in [2.24, 2.45) is 0 Å². The van der Waals surface area contributed by atoms with Crippen LogP contribution < -0.4 is 0 Å². The van der Waals surface area contributed by atoms with Crippen LogP contribution >= 0.6 is 0 Å². The van der Waals surface area contributed by atoms with E-state index in [-0.39, 0.29) is 17.5 Å². The van der Waals surface area contributed by atoms with Crippen molar-refractivity contribution in [3.8, 4) is 11.6 Å². The fourth-order valence-corrected chi connectivity index (χ4v) is 4.35. The second kappa shape index (κ2) is 8.08. The molecule has 1 amide bonds. The molecule has 6 heterocycles. The number of fused-ring (bicyclic) bond motifs is 2. The predicted molar refractivity (Wildman–Crippen MR) is 118 cm³/mol. The molecule has 0 aromatic carbocycles. The van der Waals surface area contributed by atoms with Crippen molar-refractivity contribution in [2.75, 3.05) is 6.54 Å². The predicted octanol–water partition coefficient (Wildman–Crippen LogP) is 3.54. The Hall–Kier alpha value is -4.48. The van der Waals surface area contributed by atoms with E-state index in [1.165, 1.54) is 15.5 Å². The van der Waals surface area contributed by atoms with Gasteiger partial charge in [-0.2, -0.15) is 5.10 Å². The SMILES string of the molecule is Cc1cccc(-c2nnc(C(=O)N3CCc4[nH]cnc4[C@H]3c3cc4cccc(C(F)F)n4n3)o2)n1. The number of nitrogens with one attached hydrogen (secondary N) is 1. The number of aromatic amines is 1. The van der Waals surface area contributed by atoms with Crippen molar-refractivity contribution in [1.82, 2.24) is 39.7 Å². The third-order valence-electron chi connectivity index (χ3n) is 5.94. The normalized spacial score (nSPS) is 15.7. The largest absolute Gasteiger partial charge is 0.411 e. The second-order valence-corrected chi connectivity index (χ2v) is 8.15. The van der Waals surface area contributed by atoms with Crippen molar-refractivity contribution >= 4 is 11.4 Å². The number of pyridine rings is 2. The molecular formula is C23H18F2N8O2. The summed E-state index contributed by atoms with van der Waals surface area (Å²) in [6, 6.07) is 10.9. The number of aromatic nitrogens is 7. The number of imidazole rings is 1. The van der Waals surface area contributed by atoms with Crippen molar-refractivity contribution in [2.45, 2.75) is 25.8 Å². The molecule has 0 aliphatic carbocycles. The highest BCUT2D eigenvalue weighted by atomic mass is 19.3. The Morgan fingerprint density at radius 2 is 2.06 bits per heavy atom. The van der Waals surface area contributed by atoms with Crippen LogP contribution in [0.5, 0.6) is 0 Å². The number of nitrogens with zero attached hydrogens (tertiary/aromatic N) is 7. The van der Waals surface area contributed by atoms with E-state index in [0.717, 1.165) is 11.4 Å². The first kappa shape index (κ1) is 21.1. The van der Waals surface area contributed by atoms with E-state index in [2.05, 4.69) is 30.2 Å². The lowest BCUT2D eigenvalue weighted by Gasteiger charge is -2.32. The molecule has 0 radical (unpaired) electrons. The van der Waals surface area contributed by atoms with Crippen LogP contribution in [0.15, 0.2) is 53.2 Å². The van der Waals surface area contributed by atoms with Gasteiger partial charge in [0, 0.05) is 24.4 Å². The Bertz CT molecular complexity index is 1560. The summed E-state index contributed by atoms with van der Waals surface area (Å²) >= 11 is 0. The molecule has 10 nitrogen and oxygen atoms in total. The maximum Gasteiger partial charge on any atom is 0.312 e. The third-order valence-corrected chi connectivity index (χ3v) is 5.94. The van der Waals surface area contributed by atoms with Crippen molar-refractivity contribution in [1.29, 1.82) is 0 Å². The highest BCUT2D eigenvalue weighted by Gasteiger charge is 2.38. The molecule has 6 rings (SSSR count). The molecule has 0 bridgehead atoms. The quantitative estimate of drug-likeness (QED) is 0.422. The van der Waals surface area contributed by atoms with Crippen LogP contribution in [0.2, 0.25) is 0 Å². The fraction of sp³-hybridized carbons (Fsp3) is 0.217. The zero-order valence-corrected chi connectivity index (χ0v) is 18.4. The summed E-state index contributed by atoms with van der Waals surface area (Å²) < 4.78 is 34.0. The zero-order valence-electron chi connectivity index (χ0n) is 18.4. The topological polar surface area (TPSA) is 118 Å².